The van der Waals surface area contributed by atoms with Crippen molar-refractivity contribution in [2.45, 2.75) is 31.5 Å². The molecule has 3 atom stereocenters. The van der Waals surface area contributed by atoms with Gasteiger partial charge in [0.05, 0.1) is 12.1 Å². The topological polar surface area (TPSA) is 65.1 Å². The zero-order chi connectivity index (χ0) is 10.8. The number of ether oxygens (including phenoxy) is 1. The van der Waals surface area contributed by atoms with Gasteiger partial charge in [0.2, 0.25) is 5.95 Å². The van der Waals surface area contributed by atoms with Crippen molar-refractivity contribution in [1.29, 1.82) is 0 Å². The molecule has 15 heavy (non-hydrogen) atoms. The molecule has 0 spiro atoms. The summed E-state index contributed by atoms with van der Waals surface area (Å²) in [6, 6.07) is 0.351. The lowest BCUT2D eigenvalue weighted by atomic mass is 9.83. The van der Waals surface area contributed by atoms with Crippen molar-refractivity contribution in [3.8, 4) is 0 Å². The van der Waals surface area contributed by atoms with Crippen LogP contribution in [0.5, 0.6) is 0 Å². The van der Waals surface area contributed by atoms with Crippen LogP contribution in [0.15, 0.2) is 12.4 Å². The van der Waals surface area contributed by atoms with E-state index in [2.05, 4.69) is 10.3 Å². The Morgan fingerprint density at radius 2 is 2.53 bits per heavy atom. The molecule has 3 unspecified atom stereocenters. The minimum atomic E-state index is 0.165. The van der Waals surface area contributed by atoms with Crippen molar-refractivity contribution < 1.29 is 4.74 Å². The lowest BCUT2D eigenvalue weighted by Gasteiger charge is -2.42. The standard InChI is InChI=1S/C10H18N4O/c1-3-15-8-6-7(11)9(8)13-10-12-4-5-14(10)2/h4-5,7-9H,3,6,11H2,1-2H3,(H,12,13). The van der Waals surface area contributed by atoms with Crippen LogP contribution in [-0.4, -0.2) is 34.3 Å². The number of nitrogens with zero attached hydrogens (tertiary/aromatic N) is 2. The highest BCUT2D eigenvalue weighted by molar-refractivity contribution is 5.31. The van der Waals surface area contributed by atoms with Gasteiger partial charge < -0.3 is 20.4 Å². The van der Waals surface area contributed by atoms with Crippen molar-refractivity contribution in [2.75, 3.05) is 11.9 Å². The van der Waals surface area contributed by atoms with Crippen LogP contribution in [-0.2, 0) is 11.8 Å². The third-order valence-corrected chi connectivity index (χ3v) is 2.86. The lowest BCUT2D eigenvalue weighted by Crippen LogP contribution is -2.60. The molecule has 0 radical (unpaired) electrons. The van der Waals surface area contributed by atoms with E-state index in [4.69, 9.17) is 10.5 Å². The fourth-order valence-electron chi connectivity index (χ4n) is 1.88. The highest BCUT2D eigenvalue weighted by atomic mass is 16.5. The molecule has 1 fully saturated rings. The normalized spacial score (nSPS) is 29.9. The van der Waals surface area contributed by atoms with E-state index < -0.39 is 0 Å². The summed E-state index contributed by atoms with van der Waals surface area (Å²) in [6.07, 6.45) is 4.82. The summed E-state index contributed by atoms with van der Waals surface area (Å²) in [7, 11) is 1.95. The van der Waals surface area contributed by atoms with Gasteiger partial charge >= 0.3 is 0 Å². The zero-order valence-electron chi connectivity index (χ0n) is 9.18. The summed E-state index contributed by atoms with van der Waals surface area (Å²) in [5, 5.41) is 3.31. The van der Waals surface area contributed by atoms with E-state index in [1.54, 1.807) is 6.20 Å². The van der Waals surface area contributed by atoms with Gasteiger partial charge in [-0.1, -0.05) is 0 Å². The van der Waals surface area contributed by atoms with E-state index in [-0.39, 0.29) is 18.2 Å². The maximum absolute atomic E-state index is 5.93. The van der Waals surface area contributed by atoms with E-state index in [0.29, 0.717) is 0 Å². The molecule has 0 saturated heterocycles. The second-order valence-electron chi connectivity index (χ2n) is 3.93. The highest BCUT2D eigenvalue weighted by Crippen LogP contribution is 2.25. The smallest absolute Gasteiger partial charge is 0.202 e. The SMILES string of the molecule is CCOC1CC(N)C1Nc1nccn1C. The molecule has 1 aliphatic rings. The summed E-state index contributed by atoms with van der Waals surface area (Å²) >= 11 is 0. The van der Waals surface area contributed by atoms with Crippen LogP contribution in [0.3, 0.4) is 0 Å². The van der Waals surface area contributed by atoms with Crippen LogP contribution >= 0.6 is 0 Å². The molecule has 2 rings (SSSR count). The van der Waals surface area contributed by atoms with E-state index >= 15 is 0 Å². The van der Waals surface area contributed by atoms with Gasteiger partial charge in [-0.15, -0.1) is 0 Å². The second kappa shape index (κ2) is 4.20. The maximum atomic E-state index is 5.93. The van der Waals surface area contributed by atoms with E-state index in [9.17, 15) is 0 Å². The first-order valence-electron chi connectivity index (χ1n) is 5.33. The Morgan fingerprint density at radius 1 is 1.73 bits per heavy atom. The Morgan fingerprint density at radius 3 is 3.07 bits per heavy atom. The van der Waals surface area contributed by atoms with Crippen LogP contribution < -0.4 is 11.1 Å². The molecule has 0 aromatic carbocycles. The highest BCUT2D eigenvalue weighted by Gasteiger charge is 2.39. The Labute approximate surface area is 89.6 Å². The largest absolute Gasteiger partial charge is 0.376 e. The zero-order valence-corrected chi connectivity index (χ0v) is 9.18. The fourth-order valence-corrected chi connectivity index (χ4v) is 1.88. The number of hydrogen-bond donors (Lipinski definition) is 2. The summed E-state index contributed by atoms with van der Waals surface area (Å²) in [4.78, 5) is 4.21. The second-order valence-corrected chi connectivity index (χ2v) is 3.93. The summed E-state index contributed by atoms with van der Waals surface area (Å²) in [5.74, 6) is 0.847. The third-order valence-electron chi connectivity index (χ3n) is 2.86. The van der Waals surface area contributed by atoms with Gasteiger partial charge in [0, 0.05) is 32.1 Å². The van der Waals surface area contributed by atoms with Crippen molar-refractivity contribution in [1.82, 2.24) is 9.55 Å². The van der Waals surface area contributed by atoms with Gasteiger partial charge in [-0.2, -0.15) is 0 Å². The van der Waals surface area contributed by atoms with Crippen LogP contribution in [0.2, 0.25) is 0 Å². The lowest BCUT2D eigenvalue weighted by molar-refractivity contribution is -0.0129. The molecule has 0 aliphatic heterocycles. The summed E-state index contributed by atoms with van der Waals surface area (Å²) in [6.45, 7) is 2.73. The minimum absolute atomic E-state index is 0.165. The summed E-state index contributed by atoms with van der Waals surface area (Å²) < 4.78 is 7.51. The predicted molar refractivity (Wildman–Crippen MR) is 58.6 cm³/mol. The minimum Gasteiger partial charge on any atom is -0.376 e. The molecule has 3 N–H and O–H groups in total. The first-order valence-corrected chi connectivity index (χ1v) is 5.33. The molecular weight excluding hydrogens is 192 g/mol. The van der Waals surface area contributed by atoms with Crippen LogP contribution in [0, 0.1) is 0 Å². The number of aromatic nitrogens is 2. The predicted octanol–water partition coefficient (Wildman–Crippen LogP) is 0.337. The first kappa shape index (κ1) is 10.4. The molecule has 1 aliphatic carbocycles. The van der Waals surface area contributed by atoms with Gasteiger partial charge in [0.15, 0.2) is 0 Å². The molecule has 1 heterocycles. The molecule has 5 heteroatoms. The molecule has 1 aromatic rings. The van der Waals surface area contributed by atoms with E-state index in [1.165, 1.54) is 0 Å². The molecule has 0 amide bonds. The van der Waals surface area contributed by atoms with Gasteiger partial charge in [-0.25, -0.2) is 4.98 Å². The number of aryl methyl sites for hydroxylation is 1. The molecule has 0 bridgehead atoms. The number of imidazole rings is 1. The average Bonchev–Trinajstić information content (AvgIpc) is 2.60. The fraction of sp³-hybridized carbons (Fsp3) is 0.700. The number of nitrogens with two attached hydrogens (primary N) is 1. The van der Waals surface area contributed by atoms with Crippen molar-refractivity contribution in [3.63, 3.8) is 0 Å². The Balaban J connectivity index is 1.96. The number of anilines is 1. The molecule has 1 saturated carbocycles. The Kier molecular flexibility index (Phi) is 2.93. The average molecular weight is 210 g/mol. The number of nitrogens with one attached hydrogen (secondary N) is 1. The van der Waals surface area contributed by atoms with E-state index in [0.717, 1.165) is 19.0 Å². The molecular formula is C10H18N4O. The third kappa shape index (κ3) is 1.98. The van der Waals surface area contributed by atoms with Crippen molar-refractivity contribution >= 4 is 5.95 Å². The van der Waals surface area contributed by atoms with Gasteiger partial charge in [0.1, 0.15) is 0 Å². The molecule has 1 aromatic heterocycles. The van der Waals surface area contributed by atoms with Crippen LogP contribution in [0.4, 0.5) is 5.95 Å². The molecule has 84 valence electrons. The monoisotopic (exact) mass is 210 g/mol. The van der Waals surface area contributed by atoms with Gasteiger partial charge in [-0.3, -0.25) is 0 Å². The van der Waals surface area contributed by atoms with Crippen molar-refractivity contribution in [2.24, 2.45) is 12.8 Å². The number of rotatable bonds is 4. The molecule has 5 nitrogen and oxygen atoms in total. The van der Waals surface area contributed by atoms with E-state index in [1.807, 2.05) is 24.7 Å². The maximum Gasteiger partial charge on any atom is 0.202 e. The van der Waals surface area contributed by atoms with Gasteiger partial charge in [-0.05, 0) is 13.3 Å². The van der Waals surface area contributed by atoms with Gasteiger partial charge in [0.25, 0.3) is 0 Å². The number of hydrogen-bond acceptors (Lipinski definition) is 4. The Bertz CT molecular complexity index is 323. The first-order chi connectivity index (χ1) is 7.22. The summed E-state index contributed by atoms with van der Waals surface area (Å²) in [5.41, 5.74) is 5.93. The quantitative estimate of drug-likeness (QED) is 0.752. The van der Waals surface area contributed by atoms with Crippen molar-refractivity contribution in [3.05, 3.63) is 12.4 Å². The van der Waals surface area contributed by atoms with Crippen LogP contribution in [0.25, 0.3) is 0 Å². The Hall–Kier alpha value is -1.07. The van der Waals surface area contributed by atoms with Crippen LogP contribution in [0.1, 0.15) is 13.3 Å².